The first-order valence-corrected chi connectivity index (χ1v) is 13.5. The number of benzene rings is 1. The first-order chi connectivity index (χ1) is 19.0. The van der Waals surface area contributed by atoms with E-state index in [0.29, 0.717) is 45.6 Å². The van der Waals surface area contributed by atoms with Crippen LogP contribution in [0, 0.1) is 17.7 Å². The fourth-order valence-electron chi connectivity index (χ4n) is 4.55. The van der Waals surface area contributed by atoms with Gasteiger partial charge in [0.05, 0.1) is 0 Å². The minimum Gasteiger partial charge on any atom is -0.385 e. The highest BCUT2D eigenvalue weighted by Gasteiger charge is 2.32. The number of allylic oxidation sites excluding steroid dienone is 1. The Balaban J connectivity index is 1.38. The van der Waals surface area contributed by atoms with Crippen molar-refractivity contribution in [2.75, 3.05) is 42.1 Å². The summed E-state index contributed by atoms with van der Waals surface area (Å²) >= 11 is 0. The summed E-state index contributed by atoms with van der Waals surface area (Å²) in [6, 6.07) is 6.02. The van der Waals surface area contributed by atoms with Crippen molar-refractivity contribution < 1.29 is 4.79 Å². The van der Waals surface area contributed by atoms with Crippen molar-refractivity contribution in [1.82, 2.24) is 30.2 Å². The molecule has 0 bridgehead atoms. The zero-order chi connectivity index (χ0) is 28.6. The van der Waals surface area contributed by atoms with E-state index in [-0.39, 0.29) is 17.1 Å². The van der Waals surface area contributed by atoms with E-state index in [1.54, 1.807) is 12.1 Å². The van der Waals surface area contributed by atoms with Gasteiger partial charge in [-0.1, -0.05) is 26.8 Å². The van der Waals surface area contributed by atoms with E-state index in [1.165, 1.54) is 25.2 Å². The van der Waals surface area contributed by atoms with Crippen LogP contribution in [-0.2, 0) is 0 Å². The van der Waals surface area contributed by atoms with Gasteiger partial charge in [0.2, 0.25) is 5.95 Å². The number of nitrogens with one attached hydrogen (secondary N) is 3. The highest BCUT2D eigenvalue weighted by Crippen LogP contribution is 2.30. The molecular weight excluding hydrogens is 506 g/mol. The Morgan fingerprint density at radius 2 is 1.82 bits per heavy atom. The molecule has 1 saturated heterocycles. The van der Waals surface area contributed by atoms with Crippen LogP contribution in [0.3, 0.4) is 0 Å². The Morgan fingerprint density at radius 1 is 1.10 bits per heavy atom. The van der Waals surface area contributed by atoms with E-state index in [4.69, 9.17) is 21.9 Å². The summed E-state index contributed by atoms with van der Waals surface area (Å²) in [5.41, 5.74) is 15.2. The predicted octanol–water partition coefficient (Wildman–Crippen LogP) is 2.93. The summed E-state index contributed by atoms with van der Waals surface area (Å²) in [5.74, 6) is 1.05. The molecule has 7 N–H and O–H groups in total. The van der Waals surface area contributed by atoms with Crippen molar-refractivity contribution in [1.29, 1.82) is 5.41 Å². The number of fused-ring (bicyclic) bond motifs is 1. The molecule has 2 aromatic heterocycles. The Hall–Kier alpha value is -4.32. The molecular formula is C28H37N11O. The summed E-state index contributed by atoms with van der Waals surface area (Å²) < 4.78 is 0. The molecule has 12 heteroatoms. The minimum absolute atomic E-state index is 0.111. The Morgan fingerprint density at radius 3 is 2.50 bits per heavy atom. The van der Waals surface area contributed by atoms with Crippen molar-refractivity contribution in [3.63, 3.8) is 0 Å². The summed E-state index contributed by atoms with van der Waals surface area (Å²) in [6.07, 6.45) is 5.46. The van der Waals surface area contributed by atoms with Gasteiger partial charge < -0.3 is 32.4 Å². The van der Waals surface area contributed by atoms with E-state index in [1.807, 2.05) is 33.8 Å². The number of aryl methyl sites for hydroxylation is 1. The molecule has 2 aliphatic rings. The molecule has 1 aliphatic carbocycles. The summed E-state index contributed by atoms with van der Waals surface area (Å²) in [5, 5.41) is 14.1. The van der Waals surface area contributed by atoms with Crippen molar-refractivity contribution in [2.24, 2.45) is 11.1 Å². The zero-order valence-electron chi connectivity index (χ0n) is 23.5. The highest BCUT2D eigenvalue weighted by molar-refractivity contribution is 6.00. The topological polar surface area (TPSA) is 175 Å². The van der Waals surface area contributed by atoms with Gasteiger partial charge in [0.1, 0.15) is 23.2 Å². The molecule has 3 heterocycles. The molecule has 210 valence electrons. The third-order valence-electron chi connectivity index (χ3n) is 7.28. The Labute approximate surface area is 233 Å². The fraction of sp³-hybridized carbons (Fsp3) is 0.429. The van der Waals surface area contributed by atoms with E-state index in [2.05, 4.69) is 35.4 Å². The number of carbonyl (C=O) groups excluding carboxylic acids is 1. The van der Waals surface area contributed by atoms with Crippen LogP contribution in [0.1, 0.15) is 49.5 Å². The molecule has 0 spiro atoms. The van der Waals surface area contributed by atoms with Crippen LogP contribution in [0.4, 0.5) is 23.3 Å². The third kappa shape index (κ3) is 5.96. The normalized spacial score (nSPS) is 16.7. The van der Waals surface area contributed by atoms with Crippen molar-refractivity contribution in [3.8, 4) is 0 Å². The van der Waals surface area contributed by atoms with Gasteiger partial charge in [0.15, 0.2) is 11.6 Å². The average molecular weight is 544 g/mol. The summed E-state index contributed by atoms with van der Waals surface area (Å²) in [6.45, 7) is 11.3. The first kappa shape index (κ1) is 27.3. The van der Waals surface area contributed by atoms with Gasteiger partial charge in [0.25, 0.3) is 5.91 Å². The molecule has 1 amide bonds. The quantitative estimate of drug-likeness (QED) is 0.279. The number of amides is 1. The molecule has 0 unspecified atom stereocenters. The maximum Gasteiger partial charge on any atom is 0.256 e. The lowest BCUT2D eigenvalue weighted by Crippen LogP contribution is -2.47. The van der Waals surface area contributed by atoms with Crippen LogP contribution in [0.5, 0.6) is 0 Å². The van der Waals surface area contributed by atoms with Crippen LogP contribution < -0.4 is 27.0 Å². The molecule has 5 rings (SSSR count). The third-order valence-corrected chi connectivity index (χ3v) is 7.28. The lowest BCUT2D eigenvalue weighted by atomic mass is 9.90. The van der Waals surface area contributed by atoms with Gasteiger partial charge in [-0.15, -0.1) is 0 Å². The second-order valence-corrected chi connectivity index (χ2v) is 11.5. The number of rotatable bonds is 7. The molecule has 1 aliphatic heterocycles. The van der Waals surface area contributed by atoms with Crippen LogP contribution in [0.2, 0.25) is 0 Å². The average Bonchev–Trinajstić information content (AvgIpc) is 3.75. The predicted molar refractivity (Wildman–Crippen MR) is 158 cm³/mol. The summed E-state index contributed by atoms with van der Waals surface area (Å²) in [7, 11) is 0. The number of nitrogen functional groups attached to an aromatic ring is 1. The number of piperazine rings is 1. The SMILES string of the molecule is Cc1ccc(C(=O)N/C(N)=C/C(=N)C(C)(C)C)cc1Nc1ncnc2c(N)nc(N3CCN(C4CC4)CC3)nc12. The number of nitrogens with two attached hydrogens (primary N) is 2. The molecule has 12 nitrogen and oxygen atoms in total. The first-order valence-electron chi connectivity index (χ1n) is 13.5. The lowest BCUT2D eigenvalue weighted by molar-refractivity contribution is 0.0965. The van der Waals surface area contributed by atoms with Gasteiger partial charge in [0, 0.05) is 54.6 Å². The van der Waals surface area contributed by atoms with Gasteiger partial charge in [-0.3, -0.25) is 9.69 Å². The Kier molecular flexibility index (Phi) is 7.28. The second kappa shape index (κ2) is 10.7. The maximum absolute atomic E-state index is 12.9. The van der Waals surface area contributed by atoms with E-state index in [0.717, 1.165) is 37.8 Å². The number of carbonyl (C=O) groups is 1. The van der Waals surface area contributed by atoms with Gasteiger partial charge in [-0.2, -0.15) is 4.98 Å². The molecule has 40 heavy (non-hydrogen) atoms. The highest BCUT2D eigenvalue weighted by atomic mass is 16.1. The number of hydrogen-bond acceptors (Lipinski definition) is 11. The molecule has 0 radical (unpaired) electrons. The minimum atomic E-state index is -0.384. The number of nitrogens with zero attached hydrogens (tertiary/aromatic N) is 6. The van der Waals surface area contributed by atoms with E-state index >= 15 is 0 Å². The summed E-state index contributed by atoms with van der Waals surface area (Å²) in [4.78, 5) is 35.8. The van der Waals surface area contributed by atoms with E-state index < -0.39 is 0 Å². The van der Waals surface area contributed by atoms with Crippen LogP contribution in [-0.4, -0.2) is 68.7 Å². The monoisotopic (exact) mass is 543 g/mol. The molecule has 3 aromatic rings. The lowest BCUT2D eigenvalue weighted by Gasteiger charge is -2.34. The van der Waals surface area contributed by atoms with Gasteiger partial charge >= 0.3 is 0 Å². The largest absolute Gasteiger partial charge is 0.385 e. The molecule has 0 atom stereocenters. The number of aromatic nitrogens is 4. The van der Waals surface area contributed by atoms with E-state index in [9.17, 15) is 4.79 Å². The zero-order valence-corrected chi connectivity index (χ0v) is 23.5. The number of hydrogen-bond donors (Lipinski definition) is 5. The van der Waals surface area contributed by atoms with Gasteiger partial charge in [-0.25, -0.2) is 15.0 Å². The van der Waals surface area contributed by atoms with Crippen LogP contribution >= 0.6 is 0 Å². The Bertz CT molecular complexity index is 1480. The van der Waals surface area contributed by atoms with Crippen molar-refractivity contribution in [3.05, 3.63) is 47.6 Å². The van der Waals surface area contributed by atoms with Crippen molar-refractivity contribution in [2.45, 2.75) is 46.6 Å². The molecule has 1 saturated carbocycles. The fourth-order valence-corrected chi connectivity index (χ4v) is 4.55. The van der Waals surface area contributed by atoms with Crippen molar-refractivity contribution >= 4 is 45.9 Å². The molecule has 1 aromatic carbocycles. The van der Waals surface area contributed by atoms with Crippen LogP contribution in [0.25, 0.3) is 11.0 Å². The molecule has 2 fully saturated rings. The maximum atomic E-state index is 12.9. The van der Waals surface area contributed by atoms with Gasteiger partial charge in [-0.05, 0) is 43.5 Å². The standard InChI is InChI=1S/C28H37N11O/c1-16-5-6-17(26(40)35-21(30)14-20(29)28(2,3)4)13-19(16)34-25-23-22(32-15-33-25)24(31)37-27(36-23)39-11-9-38(10-12-39)18-7-8-18/h5-6,13-15,18,29H,7-12,30H2,1-4H3,(H,35,40)(H2,31,36,37)(H,32,33,34)/b21-14+,29-20?. The second-order valence-electron chi connectivity index (χ2n) is 11.5. The smallest absolute Gasteiger partial charge is 0.256 e. The van der Waals surface area contributed by atoms with Crippen LogP contribution in [0.15, 0.2) is 36.4 Å². The number of anilines is 4.